The van der Waals surface area contributed by atoms with Crippen LogP contribution in [0.3, 0.4) is 0 Å². The van der Waals surface area contributed by atoms with Gasteiger partial charge in [-0.3, -0.25) is 4.79 Å². The first-order chi connectivity index (χ1) is 12.8. The summed E-state index contributed by atoms with van der Waals surface area (Å²) in [4.78, 5) is 14.3. The summed E-state index contributed by atoms with van der Waals surface area (Å²) in [6, 6.07) is 15.4. The number of nitrogens with two attached hydrogens (primary N) is 1. The average Bonchev–Trinajstić information content (AvgIpc) is 3.02. The van der Waals surface area contributed by atoms with Gasteiger partial charge in [0.15, 0.2) is 0 Å². The van der Waals surface area contributed by atoms with Crippen molar-refractivity contribution in [2.24, 2.45) is 5.73 Å². The lowest BCUT2D eigenvalue weighted by atomic mass is 9.95. The Labute approximate surface area is 155 Å². The first-order valence-electron chi connectivity index (χ1n) is 8.75. The highest BCUT2D eigenvalue weighted by Gasteiger charge is 2.33. The molecule has 2 aromatic carbocycles. The molecule has 144 valence electrons. The maximum absolute atomic E-state index is 12.5. The Morgan fingerprint density at radius 1 is 1.07 bits per heavy atom. The number of likely N-dealkylation sites (tertiary alicyclic amines) is 1. The zero-order chi connectivity index (χ0) is 19.4. The molecule has 4 nitrogen and oxygen atoms in total. The third-order valence-electron chi connectivity index (χ3n) is 4.73. The average molecular weight is 378 g/mol. The van der Waals surface area contributed by atoms with E-state index in [2.05, 4.69) is 4.74 Å². The molecule has 2 aromatic rings. The van der Waals surface area contributed by atoms with Gasteiger partial charge in [-0.25, -0.2) is 0 Å². The van der Waals surface area contributed by atoms with Gasteiger partial charge >= 0.3 is 6.36 Å². The van der Waals surface area contributed by atoms with E-state index in [1.54, 1.807) is 4.90 Å². The molecule has 0 bridgehead atoms. The van der Waals surface area contributed by atoms with Crippen molar-refractivity contribution in [3.05, 3.63) is 65.7 Å². The summed E-state index contributed by atoms with van der Waals surface area (Å²) in [6.07, 6.45) is -3.97. The van der Waals surface area contributed by atoms with Gasteiger partial charge in [-0.05, 0) is 29.7 Å². The van der Waals surface area contributed by atoms with Crippen LogP contribution in [-0.4, -0.2) is 36.3 Å². The normalized spacial score (nSPS) is 19.9. The first kappa shape index (κ1) is 19.2. The monoisotopic (exact) mass is 378 g/mol. The van der Waals surface area contributed by atoms with E-state index >= 15 is 0 Å². The molecule has 1 saturated heterocycles. The summed E-state index contributed by atoms with van der Waals surface area (Å²) in [6.45, 7) is 1.10. The van der Waals surface area contributed by atoms with Crippen LogP contribution in [0.2, 0.25) is 0 Å². The minimum Gasteiger partial charge on any atom is -0.406 e. The molecule has 0 aliphatic carbocycles. The van der Waals surface area contributed by atoms with Crippen molar-refractivity contribution < 1.29 is 22.7 Å². The van der Waals surface area contributed by atoms with Gasteiger partial charge in [0, 0.05) is 31.5 Å². The van der Waals surface area contributed by atoms with Crippen molar-refractivity contribution in [3.8, 4) is 5.75 Å². The van der Waals surface area contributed by atoms with Crippen molar-refractivity contribution in [1.29, 1.82) is 0 Å². The van der Waals surface area contributed by atoms with Crippen LogP contribution in [-0.2, 0) is 11.2 Å². The highest BCUT2D eigenvalue weighted by atomic mass is 19.4. The molecule has 1 aliphatic heterocycles. The van der Waals surface area contributed by atoms with E-state index in [0.717, 1.165) is 11.1 Å². The third-order valence-corrected chi connectivity index (χ3v) is 4.73. The molecule has 1 aliphatic rings. The number of hydrogen-bond acceptors (Lipinski definition) is 3. The molecule has 0 unspecified atom stereocenters. The molecule has 0 spiro atoms. The topological polar surface area (TPSA) is 55.6 Å². The number of carbonyl (C=O) groups is 1. The largest absolute Gasteiger partial charge is 0.573 e. The number of rotatable bonds is 5. The second kappa shape index (κ2) is 8.00. The van der Waals surface area contributed by atoms with E-state index in [0.29, 0.717) is 19.5 Å². The highest BCUT2D eigenvalue weighted by Crippen LogP contribution is 2.27. The fraction of sp³-hybridized carbons (Fsp3) is 0.350. The van der Waals surface area contributed by atoms with Crippen LogP contribution in [0.15, 0.2) is 54.6 Å². The molecule has 0 radical (unpaired) electrons. The molecule has 7 heteroatoms. The van der Waals surface area contributed by atoms with E-state index < -0.39 is 6.36 Å². The Morgan fingerprint density at radius 3 is 2.37 bits per heavy atom. The Morgan fingerprint density at radius 2 is 1.74 bits per heavy atom. The van der Waals surface area contributed by atoms with Crippen LogP contribution in [0, 0.1) is 0 Å². The summed E-state index contributed by atoms with van der Waals surface area (Å²) < 4.78 is 40.4. The summed E-state index contributed by atoms with van der Waals surface area (Å²) in [5, 5.41) is 0. The molecule has 1 heterocycles. The number of benzene rings is 2. The second-order valence-corrected chi connectivity index (χ2v) is 6.67. The Hall–Kier alpha value is -2.54. The number of amides is 1. The number of aryl methyl sites for hydroxylation is 1. The van der Waals surface area contributed by atoms with Crippen LogP contribution >= 0.6 is 0 Å². The predicted molar refractivity (Wildman–Crippen MR) is 95.2 cm³/mol. The third kappa shape index (κ3) is 5.23. The van der Waals surface area contributed by atoms with Gasteiger partial charge in [0.25, 0.3) is 0 Å². The lowest BCUT2D eigenvalue weighted by Gasteiger charge is -2.16. The molecule has 3 rings (SSSR count). The number of nitrogens with zero attached hydrogens (tertiary/aromatic N) is 1. The minimum absolute atomic E-state index is 0.000464. The molecule has 0 aromatic heterocycles. The summed E-state index contributed by atoms with van der Waals surface area (Å²) in [7, 11) is 0. The minimum atomic E-state index is -4.71. The smallest absolute Gasteiger partial charge is 0.406 e. The number of hydrogen-bond donors (Lipinski definition) is 1. The van der Waals surface area contributed by atoms with Gasteiger partial charge in [0.05, 0.1) is 0 Å². The number of halogens is 3. The van der Waals surface area contributed by atoms with Gasteiger partial charge < -0.3 is 15.4 Å². The van der Waals surface area contributed by atoms with Crippen LogP contribution in [0.25, 0.3) is 0 Å². The molecule has 2 atom stereocenters. The SMILES string of the molecule is N[C@@H]1CN(C(=O)CCc2ccc(OC(F)(F)F)cc2)C[C@H]1c1ccccc1. The molecule has 2 N–H and O–H groups in total. The fourth-order valence-electron chi connectivity index (χ4n) is 3.35. The van der Waals surface area contributed by atoms with E-state index in [4.69, 9.17) is 5.73 Å². The van der Waals surface area contributed by atoms with E-state index in [-0.39, 0.29) is 30.0 Å². The standard InChI is InChI=1S/C20H21F3N2O2/c21-20(22,23)27-16-9-6-14(7-10-16)8-11-19(26)25-12-17(18(24)13-25)15-4-2-1-3-5-15/h1-7,9-10,17-18H,8,11-13,24H2/t17-,18+/m0/s1. The molecule has 27 heavy (non-hydrogen) atoms. The van der Waals surface area contributed by atoms with Crippen molar-refractivity contribution in [2.75, 3.05) is 13.1 Å². The van der Waals surface area contributed by atoms with E-state index in [9.17, 15) is 18.0 Å². The summed E-state index contributed by atoms with van der Waals surface area (Å²) in [5.41, 5.74) is 8.12. The Balaban J connectivity index is 1.52. The van der Waals surface area contributed by atoms with E-state index in [1.165, 1.54) is 24.3 Å². The maximum atomic E-state index is 12.5. The molecule has 1 amide bonds. The molecule has 1 fully saturated rings. The van der Waals surface area contributed by atoms with Crippen molar-refractivity contribution >= 4 is 5.91 Å². The maximum Gasteiger partial charge on any atom is 0.573 e. The van der Waals surface area contributed by atoms with Gasteiger partial charge in [-0.2, -0.15) is 0 Å². The zero-order valence-electron chi connectivity index (χ0n) is 14.7. The van der Waals surface area contributed by atoms with Gasteiger partial charge in [0.1, 0.15) is 5.75 Å². The van der Waals surface area contributed by atoms with Crippen LogP contribution in [0.4, 0.5) is 13.2 Å². The zero-order valence-corrected chi connectivity index (χ0v) is 14.7. The van der Waals surface area contributed by atoms with Gasteiger partial charge in [-0.1, -0.05) is 42.5 Å². The summed E-state index contributed by atoms with van der Waals surface area (Å²) in [5.74, 6) is -0.151. The van der Waals surface area contributed by atoms with Crippen molar-refractivity contribution in [1.82, 2.24) is 4.90 Å². The summed E-state index contributed by atoms with van der Waals surface area (Å²) >= 11 is 0. The van der Waals surface area contributed by atoms with Crippen LogP contribution in [0.1, 0.15) is 23.5 Å². The lowest BCUT2D eigenvalue weighted by molar-refractivity contribution is -0.274. The lowest BCUT2D eigenvalue weighted by Crippen LogP contribution is -2.32. The molecule has 0 saturated carbocycles. The van der Waals surface area contributed by atoms with Crippen LogP contribution in [0.5, 0.6) is 5.75 Å². The first-order valence-corrected chi connectivity index (χ1v) is 8.75. The fourth-order valence-corrected chi connectivity index (χ4v) is 3.35. The van der Waals surface area contributed by atoms with Crippen molar-refractivity contribution in [2.45, 2.75) is 31.2 Å². The van der Waals surface area contributed by atoms with E-state index in [1.807, 2.05) is 30.3 Å². The molecular formula is C20H21F3N2O2. The highest BCUT2D eigenvalue weighted by molar-refractivity contribution is 5.77. The Kier molecular flexibility index (Phi) is 5.70. The predicted octanol–water partition coefficient (Wildman–Crippen LogP) is 3.47. The number of carbonyl (C=O) groups excluding carboxylic acids is 1. The number of ether oxygens (including phenoxy) is 1. The van der Waals surface area contributed by atoms with Crippen LogP contribution < -0.4 is 10.5 Å². The quantitative estimate of drug-likeness (QED) is 0.867. The van der Waals surface area contributed by atoms with Crippen molar-refractivity contribution in [3.63, 3.8) is 0 Å². The Bertz CT molecular complexity index is 763. The van der Waals surface area contributed by atoms with Gasteiger partial charge in [-0.15, -0.1) is 13.2 Å². The second-order valence-electron chi connectivity index (χ2n) is 6.67. The van der Waals surface area contributed by atoms with Gasteiger partial charge in [0.2, 0.25) is 5.91 Å². The molecular weight excluding hydrogens is 357 g/mol. The number of alkyl halides is 3.